The summed E-state index contributed by atoms with van der Waals surface area (Å²) in [5.41, 5.74) is 0.711. The molecule has 1 aromatic heterocycles. The zero-order valence-electron chi connectivity index (χ0n) is 32.0. The molecule has 3 aromatic rings. The molecule has 4 aliphatic carbocycles. The van der Waals surface area contributed by atoms with Crippen LogP contribution in [0.2, 0.25) is 0 Å². The summed E-state index contributed by atoms with van der Waals surface area (Å²) in [7, 11) is 0. The third-order valence-electron chi connectivity index (χ3n) is 15.4. The van der Waals surface area contributed by atoms with Crippen molar-refractivity contribution in [3.63, 3.8) is 0 Å². The second-order valence-corrected chi connectivity index (χ2v) is 17.6. The molecule has 55 heavy (non-hydrogen) atoms. The fourth-order valence-electron chi connectivity index (χ4n) is 12.4. The number of furan rings is 1. The lowest BCUT2D eigenvalue weighted by Gasteiger charge is -2.64. The van der Waals surface area contributed by atoms with Gasteiger partial charge in [-0.2, -0.15) is 0 Å². The highest BCUT2D eigenvalue weighted by atomic mass is 16.5. The maximum Gasteiger partial charge on any atom is 0.261 e. The van der Waals surface area contributed by atoms with Crippen LogP contribution in [-0.2, 0) is 15.1 Å². The first kappa shape index (κ1) is 36.5. The molecule has 8 atom stereocenters. The van der Waals surface area contributed by atoms with Crippen LogP contribution in [0.5, 0.6) is 0 Å². The number of aliphatic hydroxyl groups is 1. The van der Waals surface area contributed by atoms with Crippen LogP contribution in [0.15, 0.2) is 71.5 Å². The van der Waals surface area contributed by atoms with Gasteiger partial charge in [-0.3, -0.25) is 29.0 Å². The molecule has 1 N–H and O–H groups in total. The lowest BCUT2D eigenvalue weighted by atomic mass is 9.43. The van der Waals surface area contributed by atoms with Gasteiger partial charge < -0.3 is 19.0 Å². The minimum absolute atomic E-state index is 0.105. The molecular formula is C45H52N2O8. The van der Waals surface area contributed by atoms with Gasteiger partial charge in [-0.05, 0) is 124 Å². The Labute approximate surface area is 322 Å². The van der Waals surface area contributed by atoms with E-state index in [2.05, 4.69) is 13.8 Å². The molecule has 10 nitrogen and oxygen atoms in total. The maximum absolute atomic E-state index is 13.1. The third-order valence-corrected chi connectivity index (χ3v) is 15.4. The number of fused-ring (bicyclic) bond motifs is 7. The molecule has 4 saturated carbocycles. The Bertz CT molecular complexity index is 1940. The Hall–Kier alpha value is -4.12. The molecular weight excluding hydrogens is 697 g/mol. The summed E-state index contributed by atoms with van der Waals surface area (Å²) >= 11 is 0. The Morgan fingerprint density at radius 2 is 1.31 bits per heavy atom. The molecule has 2 aliphatic heterocycles. The molecule has 0 radical (unpaired) electrons. The van der Waals surface area contributed by atoms with Gasteiger partial charge in [-0.15, -0.1) is 0 Å². The van der Waals surface area contributed by atoms with E-state index in [1.165, 1.54) is 9.80 Å². The van der Waals surface area contributed by atoms with Crippen LogP contribution in [0.25, 0.3) is 0 Å². The number of imide groups is 2. The fourth-order valence-corrected chi connectivity index (χ4v) is 12.4. The number of hydrogen-bond donors (Lipinski definition) is 1. The van der Waals surface area contributed by atoms with E-state index < -0.39 is 16.6 Å². The molecule has 290 valence electrons. The van der Waals surface area contributed by atoms with Crippen LogP contribution < -0.4 is 0 Å². The van der Waals surface area contributed by atoms with Crippen LogP contribution in [0.3, 0.4) is 0 Å². The highest BCUT2D eigenvalue weighted by Crippen LogP contribution is 2.72. The predicted octanol–water partition coefficient (Wildman–Crippen LogP) is 7.41. The number of amides is 4. The number of nitrogens with zero attached hydrogens (tertiary/aromatic N) is 2. The average Bonchev–Trinajstić information content (AvgIpc) is 3.93. The molecule has 9 rings (SSSR count). The Morgan fingerprint density at radius 1 is 0.709 bits per heavy atom. The Balaban J connectivity index is 0.836. The first-order valence-electron chi connectivity index (χ1n) is 20.4. The van der Waals surface area contributed by atoms with E-state index in [4.69, 9.17) is 13.9 Å². The van der Waals surface area contributed by atoms with Crippen molar-refractivity contribution in [3.05, 3.63) is 94.9 Å². The van der Waals surface area contributed by atoms with Gasteiger partial charge in [-0.25, -0.2) is 0 Å². The van der Waals surface area contributed by atoms with Crippen molar-refractivity contribution < 1.29 is 38.2 Å². The van der Waals surface area contributed by atoms with E-state index in [-0.39, 0.29) is 47.6 Å². The third kappa shape index (κ3) is 5.37. The van der Waals surface area contributed by atoms with Crippen molar-refractivity contribution >= 4 is 23.6 Å². The summed E-state index contributed by atoms with van der Waals surface area (Å²) in [5.74, 6) is 0.117. The molecule has 0 saturated heterocycles. The van der Waals surface area contributed by atoms with Gasteiger partial charge in [0.2, 0.25) is 0 Å². The first-order valence-corrected chi connectivity index (χ1v) is 20.4. The summed E-state index contributed by atoms with van der Waals surface area (Å²) in [6.45, 7) is 6.19. The summed E-state index contributed by atoms with van der Waals surface area (Å²) in [4.78, 5) is 54.3. The van der Waals surface area contributed by atoms with E-state index >= 15 is 0 Å². The van der Waals surface area contributed by atoms with Crippen molar-refractivity contribution in [2.45, 2.75) is 102 Å². The SMILES string of the molecule is C[C@]12CC[C@H](OCCCN3C(=O)c4ccccc4C3=O)C[C@H]1CC[C@@H]1[C@@H]2CC[C@]2(C)[C@@](OCCCN3C(=O)c4ccccc4C3=O)(c3ccoc3)CC[C@]12O. The van der Waals surface area contributed by atoms with Gasteiger partial charge in [0.25, 0.3) is 23.6 Å². The minimum atomic E-state index is -0.916. The molecule has 0 spiro atoms. The maximum atomic E-state index is 13.1. The number of carbonyl (C=O) groups excluding carboxylic acids is 4. The van der Waals surface area contributed by atoms with Gasteiger partial charge in [-0.1, -0.05) is 38.1 Å². The van der Waals surface area contributed by atoms with E-state index in [1.807, 2.05) is 6.07 Å². The lowest BCUT2D eigenvalue weighted by molar-refractivity contribution is -0.249. The molecule has 10 heteroatoms. The highest BCUT2D eigenvalue weighted by Gasteiger charge is 2.73. The minimum Gasteiger partial charge on any atom is -0.472 e. The zero-order valence-corrected chi connectivity index (χ0v) is 32.0. The summed E-state index contributed by atoms with van der Waals surface area (Å²) in [6.07, 6.45) is 12.9. The normalized spacial score (nSPS) is 35.1. The van der Waals surface area contributed by atoms with Gasteiger partial charge in [0, 0.05) is 37.3 Å². The number of carbonyl (C=O) groups is 4. The molecule has 0 unspecified atom stereocenters. The number of hydrogen-bond acceptors (Lipinski definition) is 8. The van der Waals surface area contributed by atoms with Crippen LogP contribution in [0, 0.1) is 28.6 Å². The molecule has 3 heterocycles. The van der Waals surface area contributed by atoms with Crippen molar-refractivity contribution in [2.75, 3.05) is 26.3 Å². The topological polar surface area (TPSA) is 127 Å². The second-order valence-electron chi connectivity index (χ2n) is 17.6. The molecule has 2 aromatic carbocycles. The number of rotatable bonds is 11. The van der Waals surface area contributed by atoms with Gasteiger partial charge >= 0.3 is 0 Å². The quantitative estimate of drug-likeness (QED) is 0.159. The van der Waals surface area contributed by atoms with Crippen LogP contribution in [-0.4, -0.2) is 76.5 Å². The number of benzene rings is 2. The van der Waals surface area contributed by atoms with E-state index in [1.54, 1.807) is 61.1 Å². The van der Waals surface area contributed by atoms with Gasteiger partial charge in [0.15, 0.2) is 0 Å². The summed E-state index contributed by atoms with van der Waals surface area (Å²) in [5, 5.41) is 13.1. The summed E-state index contributed by atoms with van der Waals surface area (Å²) < 4.78 is 19.1. The fraction of sp³-hybridized carbons (Fsp3) is 0.556. The standard InChI is InChI=1S/C45H52N2O8/c1-42-18-15-31(54-24-7-22-46-38(48)32-9-3-4-10-33(32)39(46)49)27-29(42)13-14-37-36(42)16-19-43(2)44(37,52)20-21-45(43,30-17-26-53-28-30)55-25-8-23-47-40(50)34-11-5-6-12-35(34)41(47)51/h3-6,9-12,17,26,28-29,31,36-37,52H,7-8,13-16,18-25,27H2,1-2H3/t29-,31+,36+,37-,42+,43+,44+,45+/m1/s1. The van der Waals surface area contributed by atoms with E-state index in [0.717, 1.165) is 50.5 Å². The van der Waals surface area contributed by atoms with Gasteiger partial charge in [0.05, 0.1) is 46.5 Å². The van der Waals surface area contributed by atoms with Crippen molar-refractivity contribution in [1.82, 2.24) is 9.80 Å². The lowest BCUT2D eigenvalue weighted by Crippen LogP contribution is -2.65. The van der Waals surface area contributed by atoms with E-state index in [0.29, 0.717) is 79.5 Å². The zero-order chi connectivity index (χ0) is 38.2. The van der Waals surface area contributed by atoms with Crippen molar-refractivity contribution in [1.29, 1.82) is 0 Å². The first-order chi connectivity index (χ1) is 26.5. The predicted molar refractivity (Wildman–Crippen MR) is 202 cm³/mol. The van der Waals surface area contributed by atoms with Gasteiger partial charge in [0.1, 0.15) is 5.60 Å². The van der Waals surface area contributed by atoms with Crippen LogP contribution >= 0.6 is 0 Å². The Morgan fingerprint density at radius 3 is 1.89 bits per heavy atom. The second kappa shape index (κ2) is 13.5. The number of ether oxygens (including phenoxy) is 2. The molecule has 6 aliphatic rings. The highest BCUT2D eigenvalue weighted by molar-refractivity contribution is 6.22. The molecule has 4 fully saturated rings. The molecule has 0 bridgehead atoms. The largest absolute Gasteiger partial charge is 0.472 e. The van der Waals surface area contributed by atoms with Crippen molar-refractivity contribution in [2.24, 2.45) is 28.6 Å². The monoisotopic (exact) mass is 748 g/mol. The summed E-state index contributed by atoms with van der Waals surface area (Å²) in [6, 6.07) is 16.0. The van der Waals surface area contributed by atoms with Crippen LogP contribution in [0.1, 0.15) is 131 Å². The van der Waals surface area contributed by atoms with Crippen molar-refractivity contribution in [3.8, 4) is 0 Å². The molecule has 4 amide bonds. The van der Waals surface area contributed by atoms with Crippen LogP contribution in [0.4, 0.5) is 0 Å². The Kier molecular flexibility index (Phi) is 8.98. The average molecular weight is 749 g/mol. The smallest absolute Gasteiger partial charge is 0.261 e. The van der Waals surface area contributed by atoms with E-state index in [9.17, 15) is 24.3 Å².